The number of carbonyl (C=O) groups excluding carboxylic acids is 1. The summed E-state index contributed by atoms with van der Waals surface area (Å²) in [6.07, 6.45) is 2.99. The van der Waals surface area contributed by atoms with Gasteiger partial charge >= 0.3 is 6.09 Å². The lowest BCUT2D eigenvalue weighted by Crippen LogP contribution is -2.48. The second-order valence-corrected chi connectivity index (χ2v) is 9.06. The minimum absolute atomic E-state index is 0.278. The monoisotopic (exact) mass is 458 g/mol. The lowest BCUT2D eigenvalue weighted by Gasteiger charge is -2.38. The van der Waals surface area contributed by atoms with E-state index in [-0.39, 0.29) is 6.09 Å². The van der Waals surface area contributed by atoms with Gasteiger partial charge in [0.1, 0.15) is 11.5 Å². The van der Waals surface area contributed by atoms with Crippen molar-refractivity contribution in [3.8, 4) is 11.5 Å². The van der Waals surface area contributed by atoms with Crippen LogP contribution < -0.4 is 14.4 Å². The number of hydrogen-bond acceptors (Lipinski definition) is 5. The molecular weight excluding hydrogens is 428 g/mol. The van der Waals surface area contributed by atoms with Crippen molar-refractivity contribution >= 4 is 23.4 Å². The van der Waals surface area contributed by atoms with Gasteiger partial charge in [0, 0.05) is 29.7 Å². The Kier molecular flexibility index (Phi) is 7.43. The van der Waals surface area contributed by atoms with Gasteiger partial charge < -0.3 is 19.1 Å². The first kappa shape index (κ1) is 22.7. The summed E-state index contributed by atoms with van der Waals surface area (Å²) in [5, 5.41) is 0.816. The number of halogens is 1. The van der Waals surface area contributed by atoms with Crippen molar-refractivity contribution in [2.24, 2.45) is 11.8 Å². The molecule has 0 N–H and O–H groups in total. The SMILES string of the molecule is COc1ccc(N2CC(CN3CCC(Cc4cc(OC)ccc4Cl)CC3)COC2=O)cc1. The van der Waals surface area contributed by atoms with Gasteiger partial charge in [-0.2, -0.15) is 0 Å². The first-order chi connectivity index (χ1) is 15.6. The predicted octanol–water partition coefficient (Wildman–Crippen LogP) is 4.88. The minimum Gasteiger partial charge on any atom is -0.497 e. The Labute approximate surface area is 195 Å². The van der Waals surface area contributed by atoms with Crippen molar-refractivity contribution in [3.63, 3.8) is 0 Å². The van der Waals surface area contributed by atoms with Crippen LogP contribution in [-0.4, -0.2) is 58.0 Å². The quantitative estimate of drug-likeness (QED) is 0.591. The highest BCUT2D eigenvalue weighted by atomic mass is 35.5. The molecule has 2 aliphatic heterocycles. The minimum atomic E-state index is -0.278. The number of ether oxygens (including phenoxy) is 3. The molecule has 2 heterocycles. The van der Waals surface area contributed by atoms with Crippen molar-refractivity contribution in [1.82, 2.24) is 4.90 Å². The van der Waals surface area contributed by atoms with Crippen molar-refractivity contribution < 1.29 is 19.0 Å². The zero-order valence-electron chi connectivity index (χ0n) is 18.8. The first-order valence-electron chi connectivity index (χ1n) is 11.2. The summed E-state index contributed by atoms with van der Waals surface area (Å²) in [7, 11) is 3.32. The van der Waals surface area contributed by atoms with Gasteiger partial charge in [0.05, 0.1) is 20.8 Å². The Hall–Kier alpha value is -2.44. The Morgan fingerprint density at radius 3 is 2.38 bits per heavy atom. The van der Waals surface area contributed by atoms with Crippen LogP contribution in [0.2, 0.25) is 5.02 Å². The largest absolute Gasteiger partial charge is 0.497 e. The van der Waals surface area contributed by atoms with Gasteiger partial charge in [-0.3, -0.25) is 4.90 Å². The molecule has 0 spiro atoms. The Morgan fingerprint density at radius 2 is 1.69 bits per heavy atom. The molecule has 32 heavy (non-hydrogen) atoms. The van der Waals surface area contributed by atoms with Crippen molar-refractivity contribution in [3.05, 3.63) is 53.1 Å². The van der Waals surface area contributed by atoms with E-state index in [0.717, 1.165) is 61.1 Å². The third-order valence-electron chi connectivity index (χ3n) is 6.47. The Balaban J connectivity index is 1.28. The topological polar surface area (TPSA) is 51.2 Å². The van der Waals surface area contributed by atoms with Gasteiger partial charge in [-0.25, -0.2) is 4.79 Å². The molecule has 0 saturated carbocycles. The molecule has 2 saturated heterocycles. The van der Waals surface area contributed by atoms with Gasteiger partial charge in [0.15, 0.2) is 0 Å². The number of nitrogens with zero attached hydrogens (tertiary/aromatic N) is 2. The average Bonchev–Trinajstić information content (AvgIpc) is 2.83. The van der Waals surface area contributed by atoms with Crippen LogP contribution >= 0.6 is 11.6 Å². The highest BCUT2D eigenvalue weighted by Crippen LogP contribution is 2.29. The Bertz CT molecular complexity index is 913. The summed E-state index contributed by atoms with van der Waals surface area (Å²) in [5.74, 6) is 2.54. The second-order valence-electron chi connectivity index (χ2n) is 8.66. The molecule has 0 radical (unpaired) electrons. The fraction of sp³-hybridized carbons (Fsp3) is 0.480. The van der Waals surface area contributed by atoms with Crippen LogP contribution in [0.3, 0.4) is 0 Å². The number of likely N-dealkylation sites (tertiary alicyclic amines) is 1. The average molecular weight is 459 g/mol. The second kappa shape index (κ2) is 10.5. The number of amides is 1. The predicted molar refractivity (Wildman–Crippen MR) is 126 cm³/mol. The van der Waals surface area contributed by atoms with E-state index in [4.69, 9.17) is 25.8 Å². The van der Waals surface area contributed by atoms with Crippen molar-refractivity contribution in [1.29, 1.82) is 0 Å². The fourth-order valence-corrected chi connectivity index (χ4v) is 4.81. The number of carbonyl (C=O) groups is 1. The summed E-state index contributed by atoms with van der Waals surface area (Å²) in [5.41, 5.74) is 2.01. The van der Waals surface area contributed by atoms with Crippen LogP contribution in [0.1, 0.15) is 18.4 Å². The molecule has 6 nitrogen and oxygen atoms in total. The van der Waals surface area contributed by atoms with Crippen LogP contribution in [0.15, 0.2) is 42.5 Å². The molecule has 2 aromatic carbocycles. The van der Waals surface area contributed by atoms with E-state index in [1.165, 1.54) is 5.56 Å². The molecular formula is C25H31ClN2O4. The van der Waals surface area contributed by atoms with E-state index < -0.39 is 0 Å². The summed E-state index contributed by atoms with van der Waals surface area (Å²) in [6, 6.07) is 13.4. The molecule has 2 aromatic rings. The summed E-state index contributed by atoms with van der Waals surface area (Å²) >= 11 is 6.40. The zero-order chi connectivity index (χ0) is 22.5. The first-order valence-corrected chi connectivity index (χ1v) is 11.6. The smallest absolute Gasteiger partial charge is 0.414 e. The van der Waals surface area contributed by atoms with Crippen LogP contribution in [0.25, 0.3) is 0 Å². The number of cyclic esters (lactones) is 1. The summed E-state index contributed by atoms with van der Waals surface area (Å²) in [6.45, 7) is 4.19. The molecule has 7 heteroatoms. The third-order valence-corrected chi connectivity index (χ3v) is 6.84. The van der Waals surface area contributed by atoms with Crippen LogP contribution in [0.5, 0.6) is 11.5 Å². The van der Waals surface area contributed by atoms with E-state index in [9.17, 15) is 4.79 Å². The van der Waals surface area contributed by atoms with Gasteiger partial charge in [-0.1, -0.05) is 11.6 Å². The van der Waals surface area contributed by atoms with Gasteiger partial charge in [-0.15, -0.1) is 0 Å². The fourth-order valence-electron chi connectivity index (χ4n) is 4.62. The molecule has 0 aliphatic carbocycles. The van der Waals surface area contributed by atoms with E-state index in [2.05, 4.69) is 11.0 Å². The maximum absolute atomic E-state index is 12.3. The lowest BCUT2D eigenvalue weighted by atomic mass is 9.89. The number of anilines is 1. The number of hydrogen-bond donors (Lipinski definition) is 0. The van der Waals surface area contributed by atoms with E-state index >= 15 is 0 Å². The maximum atomic E-state index is 12.3. The van der Waals surface area contributed by atoms with Crippen LogP contribution in [0, 0.1) is 11.8 Å². The van der Waals surface area contributed by atoms with Crippen LogP contribution in [-0.2, 0) is 11.2 Å². The van der Waals surface area contributed by atoms with Gasteiger partial charge in [0.25, 0.3) is 0 Å². The summed E-state index contributed by atoms with van der Waals surface area (Å²) in [4.78, 5) is 16.5. The highest BCUT2D eigenvalue weighted by molar-refractivity contribution is 6.31. The number of methoxy groups -OCH3 is 2. The summed E-state index contributed by atoms with van der Waals surface area (Å²) < 4.78 is 16.1. The Morgan fingerprint density at radius 1 is 1.00 bits per heavy atom. The highest BCUT2D eigenvalue weighted by Gasteiger charge is 2.31. The molecule has 1 atom stereocenters. The number of benzene rings is 2. The molecule has 1 amide bonds. The maximum Gasteiger partial charge on any atom is 0.414 e. The van der Waals surface area contributed by atoms with E-state index in [1.54, 1.807) is 19.1 Å². The third kappa shape index (κ3) is 5.48. The number of piperidine rings is 1. The molecule has 2 aliphatic rings. The number of rotatable bonds is 7. The lowest BCUT2D eigenvalue weighted by molar-refractivity contribution is 0.0870. The van der Waals surface area contributed by atoms with Gasteiger partial charge in [0.2, 0.25) is 0 Å². The molecule has 0 aromatic heterocycles. The molecule has 1 unspecified atom stereocenters. The van der Waals surface area contributed by atoms with Crippen LogP contribution in [0.4, 0.5) is 10.5 Å². The van der Waals surface area contributed by atoms with Crippen molar-refractivity contribution in [2.75, 3.05) is 51.9 Å². The molecule has 2 fully saturated rings. The zero-order valence-corrected chi connectivity index (χ0v) is 19.5. The molecule has 0 bridgehead atoms. The standard InChI is InChI=1S/C25H31ClN2O4/c1-30-22-5-3-21(4-6-22)28-16-19(17-32-25(28)29)15-27-11-9-18(10-12-27)13-20-14-23(31-2)7-8-24(20)26/h3-8,14,18-19H,9-13,15-17H2,1-2H3. The molecule has 4 rings (SSSR count). The molecule has 172 valence electrons. The van der Waals surface area contributed by atoms with Crippen molar-refractivity contribution in [2.45, 2.75) is 19.3 Å². The van der Waals surface area contributed by atoms with Gasteiger partial charge in [-0.05, 0) is 86.3 Å². The van der Waals surface area contributed by atoms with E-state index in [1.807, 2.05) is 36.4 Å². The van der Waals surface area contributed by atoms with E-state index in [0.29, 0.717) is 25.0 Å². The normalized spacial score (nSPS) is 20.2.